The number of hydrogen-bond acceptors (Lipinski definition) is 4. The van der Waals surface area contributed by atoms with Gasteiger partial charge in [0, 0.05) is 6.61 Å². The lowest BCUT2D eigenvalue weighted by Crippen LogP contribution is -2.30. The minimum Gasteiger partial charge on any atom is -0.396 e. The van der Waals surface area contributed by atoms with Crippen LogP contribution in [-0.4, -0.2) is 41.9 Å². The summed E-state index contributed by atoms with van der Waals surface area (Å²) in [5, 5.41) is 8.96. The Morgan fingerprint density at radius 1 is 1.13 bits per heavy atom. The quantitative estimate of drug-likeness (QED) is 0.766. The molecule has 0 spiro atoms. The Hall–Kier alpha value is -0.160. The molecule has 0 unspecified atom stereocenters. The Morgan fingerprint density at radius 3 is 2.27 bits per heavy atom. The van der Waals surface area contributed by atoms with E-state index < -0.39 is 5.79 Å². The van der Waals surface area contributed by atoms with Crippen LogP contribution in [0.4, 0.5) is 0 Å². The van der Waals surface area contributed by atoms with Crippen molar-refractivity contribution in [2.75, 3.05) is 6.61 Å². The molecule has 2 heterocycles. The van der Waals surface area contributed by atoms with Crippen molar-refractivity contribution in [2.24, 2.45) is 0 Å². The Kier molecular flexibility index (Phi) is 3.03. The molecule has 2 fully saturated rings. The average Bonchev–Trinajstić information content (AvgIpc) is 2.61. The highest BCUT2D eigenvalue weighted by Crippen LogP contribution is 2.40. The molecule has 2 saturated heterocycles. The summed E-state index contributed by atoms with van der Waals surface area (Å²) < 4.78 is 17.4. The third-order valence-electron chi connectivity index (χ3n) is 3.06. The summed E-state index contributed by atoms with van der Waals surface area (Å²) in [6.07, 6.45) is 1.64. The van der Waals surface area contributed by atoms with Crippen molar-refractivity contribution >= 4 is 0 Å². The van der Waals surface area contributed by atoms with Crippen molar-refractivity contribution in [1.29, 1.82) is 0 Å². The fourth-order valence-corrected chi connectivity index (χ4v) is 2.46. The first-order valence-corrected chi connectivity index (χ1v) is 5.69. The van der Waals surface area contributed by atoms with Gasteiger partial charge in [-0.25, -0.2) is 0 Å². The van der Waals surface area contributed by atoms with E-state index >= 15 is 0 Å². The third kappa shape index (κ3) is 2.04. The van der Waals surface area contributed by atoms with Crippen molar-refractivity contribution in [1.82, 2.24) is 0 Å². The number of aliphatic hydroxyl groups is 1. The van der Waals surface area contributed by atoms with E-state index in [0.29, 0.717) is 6.42 Å². The number of rotatable bonds is 3. The fourth-order valence-electron chi connectivity index (χ4n) is 2.46. The van der Waals surface area contributed by atoms with Crippen LogP contribution < -0.4 is 0 Å². The largest absolute Gasteiger partial charge is 0.396 e. The second kappa shape index (κ2) is 4.01. The SMILES string of the molecule is CC[C@H]1O[C@@H](CCO)[C@@H]2OC(C)(C)O[C@@H]21. The molecule has 0 amide bonds. The van der Waals surface area contributed by atoms with Gasteiger partial charge in [0.1, 0.15) is 12.2 Å². The number of aliphatic hydroxyl groups excluding tert-OH is 1. The predicted molar refractivity (Wildman–Crippen MR) is 54.5 cm³/mol. The normalized spacial score (nSPS) is 43.2. The lowest BCUT2D eigenvalue weighted by Gasteiger charge is -2.23. The maximum Gasteiger partial charge on any atom is 0.164 e. The molecule has 0 aromatic rings. The number of fused-ring (bicyclic) bond motifs is 1. The molecule has 1 N–H and O–H groups in total. The van der Waals surface area contributed by atoms with E-state index in [9.17, 15) is 0 Å². The Labute approximate surface area is 90.5 Å². The molecule has 2 aliphatic heterocycles. The first kappa shape index (κ1) is 11.3. The summed E-state index contributed by atoms with van der Waals surface area (Å²) >= 11 is 0. The predicted octanol–water partition coefficient (Wildman–Crippen LogP) is 1.07. The summed E-state index contributed by atoms with van der Waals surface area (Å²) in [6.45, 7) is 6.06. The smallest absolute Gasteiger partial charge is 0.164 e. The maximum atomic E-state index is 8.96. The Morgan fingerprint density at radius 2 is 1.73 bits per heavy atom. The van der Waals surface area contributed by atoms with Crippen LogP contribution in [0.5, 0.6) is 0 Å². The molecule has 0 aliphatic carbocycles. The van der Waals surface area contributed by atoms with Gasteiger partial charge in [0.05, 0.1) is 12.2 Å². The highest BCUT2D eigenvalue weighted by atomic mass is 16.8. The summed E-state index contributed by atoms with van der Waals surface area (Å²) in [5.74, 6) is -0.514. The van der Waals surface area contributed by atoms with Crippen LogP contribution >= 0.6 is 0 Å². The summed E-state index contributed by atoms with van der Waals surface area (Å²) in [5.41, 5.74) is 0. The minimum atomic E-state index is -0.514. The molecular weight excluding hydrogens is 196 g/mol. The first-order valence-electron chi connectivity index (χ1n) is 5.69. The van der Waals surface area contributed by atoms with Gasteiger partial charge in [-0.1, -0.05) is 6.92 Å². The zero-order valence-electron chi connectivity index (χ0n) is 9.60. The summed E-state index contributed by atoms with van der Waals surface area (Å²) in [4.78, 5) is 0. The van der Waals surface area contributed by atoms with Gasteiger partial charge in [-0.05, 0) is 26.7 Å². The summed E-state index contributed by atoms with van der Waals surface area (Å²) in [7, 11) is 0. The minimum absolute atomic E-state index is 0.0166. The third-order valence-corrected chi connectivity index (χ3v) is 3.06. The van der Waals surface area contributed by atoms with E-state index in [1.165, 1.54) is 0 Å². The monoisotopic (exact) mass is 216 g/mol. The molecular formula is C11H20O4. The first-order chi connectivity index (χ1) is 7.07. The van der Waals surface area contributed by atoms with Crippen molar-refractivity contribution in [3.8, 4) is 0 Å². The van der Waals surface area contributed by atoms with Crippen molar-refractivity contribution < 1.29 is 19.3 Å². The highest BCUT2D eigenvalue weighted by Gasteiger charge is 2.53. The molecule has 88 valence electrons. The van der Waals surface area contributed by atoms with Crippen LogP contribution in [0.3, 0.4) is 0 Å². The number of ether oxygens (including phenoxy) is 3. The number of hydrogen-bond donors (Lipinski definition) is 1. The van der Waals surface area contributed by atoms with Gasteiger partial charge in [-0.15, -0.1) is 0 Å². The summed E-state index contributed by atoms with van der Waals surface area (Å²) in [6, 6.07) is 0. The molecule has 4 atom stereocenters. The van der Waals surface area contributed by atoms with E-state index in [1.54, 1.807) is 0 Å². The van der Waals surface area contributed by atoms with Crippen LogP contribution in [-0.2, 0) is 14.2 Å². The van der Waals surface area contributed by atoms with E-state index in [-0.39, 0.29) is 31.0 Å². The van der Waals surface area contributed by atoms with Crippen LogP contribution in [0.1, 0.15) is 33.6 Å². The van der Waals surface area contributed by atoms with Crippen LogP contribution in [0, 0.1) is 0 Å². The van der Waals surface area contributed by atoms with E-state index in [2.05, 4.69) is 6.92 Å². The topological polar surface area (TPSA) is 47.9 Å². The molecule has 4 heteroatoms. The zero-order valence-corrected chi connectivity index (χ0v) is 9.60. The molecule has 0 radical (unpaired) electrons. The van der Waals surface area contributed by atoms with Crippen molar-refractivity contribution in [3.63, 3.8) is 0 Å². The van der Waals surface area contributed by atoms with Crippen molar-refractivity contribution in [2.45, 2.75) is 63.8 Å². The van der Waals surface area contributed by atoms with Gasteiger partial charge in [0.2, 0.25) is 0 Å². The Balaban J connectivity index is 2.08. The van der Waals surface area contributed by atoms with Gasteiger partial charge in [-0.2, -0.15) is 0 Å². The lowest BCUT2D eigenvalue weighted by molar-refractivity contribution is -0.188. The molecule has 15 heavy (non-hydrogen) atoms. The van der Waals surface area contributed by atoms with E-state index in [1.807, 2.05) is 13.8 Å². The maximum absolute atomic E-state index is 8.96. The molecule has 0 aromatic heterocycles. The molecule has 0 aromatic carbocycles. The second-order valence-electron chi connectivity index (χ2n) is 4.70. The Bertz CT molecular complexity index is 229. The van der Waals surface area contributed by atoms with Gasteiger partial charge in [0.25, 0.3) is 0 Å². The van der Waals surface area contributed by atoms with Crippen LogP contribution in [0.15, 0.2) is 0 Å². The molecule has 2 aliphatic rings. The van der Waals surface area contributed by atoms with Gasteiger partial charge in [0.15, 0.2) is 5.79 Å². The van der Waals surface area contributed by atoms with Gasteiger partial charge < -0.3 is 19.3 Å². The second-order valence-corrected chi connectivity index (χ2v) is 4.70. The average molecular weight is 216 g/mol. The van der Waals surface area contributed by atoms with Crippen LogP contribution in [0.2, 0.25) is 0 Å². The molecule has 0 saturated carbocycles. The van der Waals surface area contributed by atoms with E-state index in [0.717, 1.165) is 6.42 Å². The molecule has 2 rings (SSSR count). The molecule has 4 nitrogen and oxygen atoms in total. The van der Waals surface area contributed by atoms with Crippen molar-refractivity contribution in [3.05, 3.63) is 0 Å². The fraction of sp³-hybridized carbons (Fsp3) is 1.00. The standard InChI is InChI=1S/C11H20O4/c1-4-7-9-10(8(13-7)5-6-12)15-11(2,3)14-9/h7-10,12H,4-6H2,1-3H3/t7-,8+,9-,10+/m1/s1. The molecule has 0 bridgehead atoms. The van der Waals surface area contributed by atoms with E-state index in [4.69, 9.17) is 19.3 Å². The van der Waals surface area contributed by atoms with Crippen LogP contribution in [0.25, 0.3) is 0 Å². The van der Waals surface area contributed by atoms with Gasteiger partial charge in [-0.3, -0.25) is 0 Å². The zero-order chi connectivity index (χ0) is 11.1. The van der Waals surface area contributed by atoms with Gasteiger partial charge >= 0.3 is 0 Å². The highest BCUT2D eigenvalue weighted by molar-refractivity contribution is 4.97. The lowest BCUT2D eigenvalue weighted by atomic mass is 10.1.